The molecule has 2 atom stereocenters. The van der Waals surface area contributed by atoms with Gasteiger partial charge in [0, 0.05) is 6.04 Å². The summed E-state index contributed by atoms with van der Waals surface area (Å²) in [4.78, 5) is 0. The summed E-state index contributed by atoms with van der Waals surface area (Å²) in [6.45, 7) is 2.26. The van der Waals surface area contributed by atoms with E-state index in [9.17, 15) is 0 Å². The number of rotatable bonds is 3. The predicted octanol–water partition coefficient (Wildman–Crippen LogP) is 4.59. The highest BCUT2D eigenvalue weighted by Crippen LogP contribution is 2.31. The number of halogens is 1. The van der Waals surface area contributed by atoms with E-state index in [1.165, 1.54) is 32.1 Å². The molecule has 1 fully saturated rings. The van der Waals surface area contributed by atoms with Crippen LogP contribution in [-0.4, -0.2) is 6.04 Å². The smallest absolute Gasteiger partial charge is 0.0992 e. The lowest BCUT2D eigenvalue weighted by Gasteiger charge is -2.32. The summed E-state index contributed by atoms with van der Waals surface area (Å²) >= 11 is 6.20. The SMILES string of the molecule is CCC1CCCCC1Nc1ccc(C#N)cc1Cl. The number of anilines is 1. The van der Waals surface area contributed by atoms with Crippen LogP contribution in [0.2, 0.25) is 5.02 Å². The number of nitrogens with zero attached hydrogens (tertiary/aromatic N) is 1. The minimum absolute atomic E-state index is 0.522. The minimum Gasteiger partial charge on any atom is -0.381 e. The van der Waals surface area contributed by atoms with Crippen molar-refractivity contribution in [3.63, 3.8) is 0 Å². The van der Waals surface area contributed by atoms with Gasteiger partial charge in [-0.15, -0.1) is 0 Å². The molecule has 1 saturated carbocycles. The summed E-state index contributed by atoms with van der Waals surface area (Å²) in [5, 5.41) is 13.0. The number of nitrogens with one attached hydrogen (secondary N) is 1. The zero-order valence-electron chi connectivity index (χ0n) is 10.7. The maximum Gasteiger partial charge on any atom is 0.0992 e. The summed E-state index contributed by atoms with van der Waals surface area (Å²) in [6.07, 6.45) is 6.38. The van der Waals surface area contributed by atoms with Gasteiger partial charge in [0.1, 0.15) is 0 Å². The van der Waals surface area contributed by atoms with Crippen molar-refractivity contribution in [3.8, 4) is 6.07 Å². The highest BCUT2D eigenvalue weighted by molar-refractivity contribution is 6.33. The molecule has 1 aromatic rings. The number of benzene rings is 1. The third-order valence-corrected chi connectivity index (χ3v) is 4.19. The number of hydrogen-bond acceptors (Lipinski definition) is 2. The zero-order valence-corrected chi connectivity index (χ0v) is 11.5. The van der Waals surface area contributed by atoms with Crippen LogP contribution in [0.4, 0.5) is 5.69 Å². The Bertz CT molecular complexity index is 450. The van der Waals surface area contributed by atoms with E-state index in [1.807, 2.05) is 12.1 Å². The van der Waals surface area contributed by atoms with Gasteiger partial charge in [-0.05, 0) is 37.0 Å². The fourth-order valence-corrected chi connectivity index (χ4v) is 3.02. The van der Waals surface area contributed by atoms with Gasteiger partial charge < -0.3 is 5.32 Å². The van der Waals surface area contributed by atoms with E-state index in [1.54, 1.807) is 6.07 Å². The molecule has 1 aromatic carbocycles. The number of nitriles is 1. The molecule has 0 amide bonds. The van der Waals surface area contributed by atoms with Crippen molar-refractivity contribution in [1.29, 1.82) is 5.26 Å². The molecule has 1 aliphatic carbocycles. The Hall–Kier alpha value is -1.20. The van der Waals surface area contributed by atoms with Crippen molar-refractivity contribution < 1.29 is 0 Å². The lowest BCUT2D eigenvalue weighted by Crippen LogP contribution is -2.31. The fourth-order valence-electron chi connectivity index (χ4n) is 2.79. The monoisotopic (exact) mass is 262 g/mol. The van der Waals surface area contributed by atoms with Gasteiger partial charge in [0.15, 0.2) is 0 Å². The Labute approximate surface area is 114 Å². The third-order valence-electron chi connectivity index (χ3n) is 3.87. The quantitative estimate of drug-likeness (QED) is 0.865. The second kappa shape index (κ2) is 6.11. The van der Waals surface area contributed by atoms with Crippen molar-refractivity contribution in [3.05, 3.63) is 28.8 Å². The van der Waals surface area contributed by atoms with E-state index in [4.69, 9.17) is 16.9 Å². The summed E-state index contributed by atoms with van der Waals surface area (Å²) in [5.74, 6) is 0.741. The zero-order chi connectivity index (χ0) is 13.0. The lowest BCUT2D eigenvalue weighted by molar-refractivity contribution is 0.317. The van der Waals surface area contributed by atoms with Crippen molar-refractivity contribution >= 4 is 17.3 Å². The maximum atomic E-state index is 8.83. The molecule has 0 aromatic heterocycles. The van der Waals surface area contributed by atoms with Crippen molar-refractivity contribution in [2.45, 2.75) is 45.1 Å². The molecule has 1 aliphatic rings. The van der Waals surface area contributed by atoms with Gasteiger partial charge in [0.25, 0.3) is 0 Å². The van der Waals surface area contributed by atoms with Crippen LogP contribution in [0.25, 0.3) is 0 Å². The molecule has 0 spiro atoms. The Balaban J connectivity index is 2.10. The van der Waals surface area contributed by atoms with Gasteiger partial charge in [-0.3, -0.25) is 0 Å². The van der Waals surface area contributed by atoms with Gasteiger partial charge in [0.2, 0.25) is 0 Å². The average molecular weight is 263 g/mol. The molecule has 96 valence electrons. The predicted molar refractivity (Wildman–Crippen MR) is 75.8 cm³/mol. The molecule has 18 heavy (non-hydrogen) atoms. The van der Waals surface area contributed by atoms with Gasteiger partial charge in [-0.2, -0.15) is 5.26 Å². The first-order valence-electron chi connectivity index (χ1n) is 6.70. The fraction of sp³-hybridized carbons (Fsp3) is 0.533. The molecule has 2 rings (SSSR count). The first kappa shape index (κ1) is 13.2. The van der Waals surface area contributed by atoms with Crippen LogP contribution in [0.5, 0.6) is 0 Å². The summed E-state index contributed by atoms with van der Waals surface area (Å²) in [7, 11) is 0. The standard InChI is InChI=1S/C15H19ClN2/c1-2-12-5-3-4-6-14(12)18-15-8-7-11(10-17)9-13(15)16/h7-9,12,14,18H,2-6H2,1H3. The molecule has 0 radical (unpaired) electrons. The second-order valence-corrected chi connectivity index (χ2v) is 5.42. The molecule has 3 heteroatoms. The van der Waals surface area contributed by atoms with Crippen LogP contribution in [0.1, 0.15) is 44.6 Å². The normalized spacial score (nSPS) is 23.4. The van der Waals surface area contributed by atoms with E-state index < -0.39 is 0 Å². The van der Waals surface area contributed by atoms with Gasteiger partial charge in [-0.25, -0.2) is 0 Å². The minimum atomic E-state index is 0.522. The second-order valence-electron chi connectivity index (χ2n) is 5.01. The Morgan fingerprint density at radius 1 is 1.39 bits per heavy atom. The Kier molecular flexibility index (Phi) is 4.49. The van der Waals surface area contributed by atoms with Crippen LogP contribution in [-0.2, 0) is 0 Å². The van der Waals surface area contributed by atoms with E-state index in [2.05, 4.69) is 18.3 Å². The molecule has 0 bridgehead atoms. The molecule has 0 aliphatic heterocycles. The van der Waals surface area contributed by atoms with Crippen LogP contribution in [0.3, 0.4) is 0 Å². The van der Waals surface area contributed by atoms with Crippen LogP contribution in [0, 0.1) is 17.2 Å². The van der Waals surface area contributed by atoms with Gasteiger partial charge in [-0.1, -0.05) is 37.8 Å². The summed E-state index contributed by atoms with van der Waals surface area (Å²) < 4.78 is 0. The molecular formula is C15H19ClN2. The van der Waals surface area contributed by atoms with Crippen molar-refractivity contribution in [2.75, 3.05) is 5.32 Å². The largest absolute Gasteiger partial charge is 0.381 e. The maximum absolute atomic E-state index is 8.83. The lowest BCUT2D eigenvalue weighted by atomic mass is 9.83. The highest BCUT2D eigenvalue weighted by Gasteiger charge is 2.23. The van der Waals surface area contributed by atoms with Crippen molar-refractivity contribution in [2.24, 2.45) is 5.92 Å². The van der Waals surface area contributed by atoms with Gasteiger partial charge in [0.05, 0.1) is 22.3 Å². The van der Waals surface area contributed by atoms with Crippen LogP contribution >= 0.6 is 11.6 Å². The van der Waals surface area contributed by atoms with Crippen LogP contribution < -0.4 is 5.32 Å². The first-order valence-corrected chi connectivity index (χ1v) is 7.08. The highest BCUT2D eigenvalue weighted by atomic mass is 35.5. The molecule has 2 unspecified atom stereocenters. The number of hydrogen-bond donors (Lipinski definition) is 1. The Morgan fingerprint density at radius 2 is 2.17 bits per heavy atom. The van der Waals surface area contributed by atoms with Gasteiger partial charge >= 0.3 is 0 Å². The third kappa shape index (κ3) is 2.97. The average Bonchev–Trinajstić information content (AvgIpc) is 2.41. The van der Waals surface area contributed by atoms with Crippen LogP contribution in [0.15, 0.2) is 18.2 Å². The molecular weight excluding hydrogens is 244 g/mol. The molecule has 0 saturated heterocycles. The summed E-state index contributed by atoms with van der Waals surface area (Å²) in [6, 6.07) is 8.09. The van der Waals surface area contributed by atoms with E-state index in [0.29, 0.717) is 16.6 Å². The Morgan fingerprint density at radius 3 is 2.83 bits per heavy atom. The van der Waals surface area contributed by atoms with E-state index >= 15 is 0 Å². The molecule has 0 heterocycles. The first-order chi connectivity index (χ1) is 8.74. The molecule has 2 nitrogen and oxygen atoms in total. The topological polar surface area (TPSA) is 35.8 Å². The molecule has 1 N–H and O–H groups in total. The van der Waals surface area contributed by atoms with E-state index in [-0.39, 0.29) is 0 Å². The van der Waals surface area contributed by atoms with E-state index in [0.717, 1.165) is 11.6 Å². The van der Waals surface area contributed by atoms with Crippen molar-refractivity contribution in [1.82, 2.24) is 0 Å². The summed E-state index contributed by atoms with van der Waals surface area (Å²) in [5.41, 5.74) is 1.57.